The summed E-state index contributed by atoms with van der Waals surface area (Å²) in [5, 5.41) is 58.3. The summed E-state index contributed by atoms with van der Waals surface area (Å²) in [6.45, 7) is 15.8. The van der Waals surface area contributed by atoms with Gasteiger partial charge in [-0.2, -0.15) is 0 Å². The van der Waals surface area contributed by atoms with E-state index in [2.05, 4.69) is 13.8 Å². The average molecular weight is 671 g/mol. The van der Waals surface area contributed by atoms with E-state index in [-0.39, 0.29) is 0 Å². The van der Waals surface area contributed by atoms with E-state index in [4.69, 9.17) is 0 Å². The molecule has 0 bridgehead atoms. The summed E-state index contributed by atoms with van der Waals surface area (Å²) in [4.78, 5) is 2.00. The lowest BCUT2D eigenvalue weighted by Crippen LogP contribution is -2.54. The van der Waals surface area contributed by atoms with Crippen molar-refractivity contribution < 1.29 is 10.4 Å². The van der Waals surface area contributed by atoms with Crippen LogP contribution >= 0.6 is 21.6 Å². The van der Waals surface area contributed by atoms with Crippen LogP contribution in [0.4, 0.5) is 0 Å². The van der Waals surface area contributed by atoms with E-state index in [1.54, 1.807) is 21.6 Å². The van der Waals surface area contributed by atoms with Crippen molar-refractivity contribution in [3.05, 3.63) is 70.1 Å². The molecule has 2 radical (unpaired) electrons. The molecule has 0 amide bonds. The van der Waals surface area contributed by atoms with Gasteiger partial charge in [-0.1, -0.05) is 111 Å². The van der Waals surface area contributed by atoms with Crippen LogP contribution in [0, 0.1) is 10.4 Å². The molecular weight excluding hydrogens is 617 g/mol. The van der Waals surface area contributed by atoms with Gasteiger partial charge < -0.3 is 20.5 Å². The quantitative estimate of drug-likeness (QED) is 0.136. The number of hydrogen-bond donors (Lipinski definition) is 0. The second-order valence-corrected chi connectivity index (χ2v) is 16.9. The first-order valence-electron chi connectivity index (χ1n) is 17.1. The summed E-state index contributed by atoms with van der Waals surface area (Å²) < 4.78 is 0. The molecule has 256 valence electrons. The zero-order valence-corrected chi connectivity index (χ0v) is 30.7. The molecule has 2 aromatic carbocycles. The van der Waals surface area contributed by atoms with Crippen molar-refractivity contribution in [3.63, 3.8) is 0 Å². The Hall–Kier alpha value is -1.18. The lowest BCUT2D eigenvalue weighted by atomic mass is 9.78. The Kier molecular flexibility index (Phi) is 12.4. The minimum atomic E-state index is -0.870. The van der Waals surface area contributed by atoms with E-state index in [1.807, 2.05) is 90.1 Å². The number of rotatable bonds is 15. The molecule has 4 atom stereocenters. The van der Waals surface area contributed by atoms with Gasteiger partial charge in [-0.15, -0.1) is 20.5 Å². The average Bonchev–Trinajstić information content (AvgIpc) is 3.25. The fraction of sp³-hybridized carbons (Fsp3) is 0.667. The zero-order chi connectivity index (χ0) is 33.9. The maximum absolute atomic E-state index is 13.6. The van der Waals surface area contributed by atoms with Crippen molar-refractivity contribution in [2.75, 3.05) is 0 Å². The summed E-state index contributed by atoms with van der Waals surface area (Å²) in [5.74, 6) is 0. The summed E-state index contributed by atoms with van der Waals surface area (Å²) in [5.41, 5.74) is -1.75. The highest BCUT2D eigenvalue weighted by atomic mass is 33.1. The Labute approximate surface area is 285 Å². The van der Waals surface area contributed by atoms with Crippen LogP contribution in [-0.2, 0) is 10.4 Å². The van der Waals surface area contributed by atoms with Crippen LogP contribution in [0.1, 0.15) is 143 Å². The van der Waals surface area contributed by atoms with Crippen LogP contribution < -0.4 is 0 Å². The van der Waals surface area contributed by atoms with Gasteiger partial charge in [0.15, 0.2) is 0 Å². The molecule has 2 aromatic rings. The van der Waals surface area contributed by atoms with Gasteiger partial charge >= 0.3 is 0 Å². The van der Waals surface area contributed by atoms with Crippen molar-refractivity contribution >= 4 is 21.6 Å². The van der Waals surface area contributed by atoms with Crippen molar-refractivity contribution in [1.82, 2.24) is 20.3 Å². The van der Waals surface area contributed by atoms with Gasteiger partial charge in [-0.25, -0.2) is 0 Å². The monoisotopic (exact) mass is 670 g/mol. The first-order valence-corrected chi connectivity index (χ1v) is 19.2. The Bertz CT molecular complexity index is 1170. The summed E-state index contributed by atoms with van der Waals surface area (Å²) >= 11 is 0. The number of unbranched alkanes of at least 4 members (excludes halogenated alkanes) is 6. The van der Waals surface area contributed by atoms with Crippen molar-refractivity contribution in [2.45, 2.75) is 164 Å². The van der Waals surface area contributed by atoms with E-state index in [0.717, 1.165) is 81.4 Å². The largest absolute Gasteiger partial charge is 0.783 e. The molecule has 10 heteroatoms. The van der Waals surface area contributed by atoms with Crippen LogP contribution in [0.3, 0.4) is 0 Å². The smallest absolute Gasteiger partial charge is 0.105 e. The molecule has 0 spiro atoms. The van der Waals surface area contributed by atoms with Gasteiger partial charge in [0.2, 0.25) is 0 Å². The Morgan fingerprint density at radius 1 is 0.565 bits per heavy atom. The highest BCUT2D eigenvalue weighted by Gasteiger charge is 2.58. The maximum Gasteiger partial charge on any atom is 0.105 e. The molecule has 4 unspecified atom stereocenters. The van der Waals surface area contributed by atoms with Gasteiger partial charge in [-0.3, -0.25) is 0 Å². The Morgan fingerprint density at radius 2 is 0.891 bits per heavy atom. The molecule has 2 saturated heterocycles. The normalized spacial score (nSPS) is 28.8. The predicted octanol–water partition coefficient (Wildman–Crippen LogP) is 10.4. The Morgan fingerprint density at radius 3 is 1.20 bits per heavy atom. The molecule has 0 aliphatic carbocycles. The minimum absolute atomic E-state index is 0.693. The first kappa shape index (κ1) is 37.6. The predicted molar refractivity (Wildman–Crippen MR) is 188 cm³/mol. The Balaban J connectivity index is 1.39. The van der Waals surface area contributed by atoms with E-state index < -0.39 is 34.5 Å². The fourth-order valence-corrected chi connectivity index (χ4v) is 8.94. The SMILES string of the molecule is CCCCCCC1(C)N([O])C(c2ccc(SSc3ccc(C4N([O-])C(C)(C)C(C)(CCCCCC)N4[O])cc3)cc2)N([O-])C1(C)C. The molecule has 2 aliphatic heterocycles. The topological polar surface area (TPSA) is 98.9 Å². The third-order valence-corrected chi connectivity index (χ3v) is 13.6. The lowest BCUT2D eigenvalue weighted by Gasteiger charge is -2.46. The summed E-state index contributed by atoms with van der Waals surface area (Å²) in [7, 11) is 3.16. The second-order valence-electron chi connectivity index (χ2n) is 14.6. The van der Waals surface area contributed by atoms with Crippen LogP contribution in [0.25, 0.3) is 0 Å². The minimum Gasteiger partial charge on any atom is -0.783 e. The molecule has 2 fully saturated rings. The standard InChI is InChI=1S/C36H54N4O4S2/c1-9-11-13-15-25-35(7)33(3,4)37(41)31(39(35)43)27-17-21-29(22-18-27)45-46-30-23-19-28(20-24-30)32-38(42)34(5,6)36(8,40(32)44)26-16-14-12-10-2/h17-24,31-32H,9-16,25-26H2,1-8H3/q-2. The molecular formula is C36H54N4O4S2-2. The molecule has 0 N–H and O–H groups in total. The van der Waals surface area contributed by atoms with Crippen LogP contribution in [0.5, 0.6) is 0 Å². The third-order valence-electron chi connectivity index (χ3n) is 11.2. The van der Waals surface area contributed by atoms with Gasteiger partial charge in [-0.05, 0) is 89.8 Å². The number of nitrogens with zero attached hydrogens (tertiary/aromatic N) is 4. The number of benzene rings is 2. The second kappa shape index (κ2) is 15.2. The molecule has 4 rings (SSSR count). The van der Waals surface area contributed by atoms with Crippen molar-refractivity contribution in [2.24, 2.45) is 0 Å². The first-order chi connectivity index (χ1) is 21.7. The highest BCUT2D eigenvalue weighted by molar-refractivity contribution is 8.76. The van der Waals surface area contributed by atoms with Crippen molar-refractivity contribution in [3.8, 4) is 0 Å². The van der Waals surface area contributed by atoms with Crippen molar-refractivity contribution in [1.29, 1.82) is 0 Å². The fourth-order valence-electron chi connectivity index (χ4n) is 7.01. The third kappa shape index (κ3) is 6.95. The van der Waals surface area contributed by atoms with E-state index in [9.17, 15) is 20.8 Å². The van der Waals surface area contributed by atoms with Crippen LogP contribution in [0.2, 0.25) is 0 Å². The van der Waals surface area contributed by atoms with E-state index in [1.165, 1.54) is 0 Å². The molecule has 0 aromatic heterocycles. The van der Waals surface area contributed by atoms with E-state index >= 15 is 0 Å². The van der Waals surface area contributed by atoms with Gasteiger partial charge in [0.05, 0.1) is 11.1 Å². The van der Waals surface area contributed by atoms with E-state index in [0.29, 0.717) is 24.0 Å². The van der Waals surface area contributed by atoms with Gasteiger partial charge in [0, 0.05) is 20.9 Å². The van der Waals surface area contributed by atoms with Gasteiger partial charge in [0.1, 0.15) is 12.3 Å². The number of hydrogen-bond acceptors (Lipinski definition) is 8. The molecule has 0 saturated carbocycles. The molecule has 2 aliphatic rings. The van der Waals surface area contributed by atoms with Gasteiger partial charge in [0.25, 0.3) is 0 Å². The molecule has 46 heavy (non-hydrogen) atoms. The number of hydroxylamine groups is 8. The molecule has 8 nitrogen and oxygen atoms in total. The maximum atomic E-state index is 13.6. The molecule has 2 heterocycles. The zero-order valence-electron chi connectivity index (χ0n) is 29.1. The van der Waals surface area contributed by atoms with Crippen LogP contribution in [-0.4, -0.2) is 42.4 Å². The van der Waals surface area contributed by atoms with Crippen LogP contribution in [0.15, 0.2) is 58.3 Å². The summed E-state index contributed by atoms with van der Waals surface area (Å²) in [6.07, 6.45) is 8.17. The lowest BCUT2D eigenvalue weighted by molar-refractivity contribution is -0.238. The summed E-state index contributed by atoms with van der Waals surface area (Å²) in [6, 6.07) is 15.4. The highest BCUT2D eigenvalue weighted by Crippen LogP contribution is 2.52.